The van der Waals surface area contributed by atoms with Crippen LogP contribution in [0.2, 0.25) is 0 Å². The molecule has 2 aromatic rings. The summed E-state index contributed by atoms with van der Waals surface area (Å²) < 4.78 is 2.88. The Morgan fingerprint density at radius 3 is 2.44 bits per heavy atom. The van der Waals surface area contributed by atoms with Crippen LogP contribution in [0.25, 0.3) is 0 Å². The minimum atomic E-state index is 0.356. The van der Waals surface area contributed by atoms with Gasteiger partial charge in [-0.15, -0.1) is 0 Å². The molecule has 0 spiro atoms. The Balaban J connectivity index is 1.98. The summed E-state index contributed by atoms with van der Waals surface area (Å²) in [6.45, 7) is 4.30. The van der Waals surface area contributed by atoms with Crippen molar-refractivity contribution >= 4 is 12.2 Å². The van der Waals surface area contributed by atoms with Crippen molar-refractivity contribution in [2.75, 3.05) is 0 Å². The molecule has 0 fully saturated rings. The zero-order chi connectivity index (χ0) is 12.7. The molecule has 1 aliphatic carbocycles. The highest BCUT2D eigenvalue weighted by molar-refractivity contribution is 7.71. The van der Waals surface area contributed by atoms with E-state index in [-0.39, 0.29) is 0 Å². The van der Waals surface area contributed by atoms with Crippen molar-refractivity contribution < 1.29 is 0 Å². The second kappa shape index (κ2) is 4.35. The van der Waals surface area contributed by atoms with Crippen molar-refractivity contribution in [2.24, 2.45) is 0 Å². The van der Waals surface area contributed by atoms with Crippen molar-refractivity contribution in [3.05, 3.63) is 46.0 Å². The van der Waals surface area contributed by atoms with Crippen LogP contribution in [0.4, 0.5) is 0 Å². The molecule has 1 aliphatic rings. The van der Waals surface area contributed by atoms with E-state index in [2.05, 4.69) is 52.9 Å². The van der Waals surface area contributed by atoms with E-state index < -0.39 is 0 Å². The Morgan fingerprint density at radius 1 is 1.28 bits per heavy atom. The SMILES string of the molecule is CC(C)n1c(C2Cc3ccccc3C2)n[nH]c1=S. The maximum atomic E-state index is 5.32. The van der Waals surface area contributed by atoms with Crippen molar-refractivity contribution in [1.82, 2.24) is 14.8 Å². The fourth-order valence-corrected chi connectivity index (χ4v) is 3.20. The zero-order valence-corrected chi connectivity index (χ0v) is 11.5. The maximum Gasteiger partial charge on any atom is 0.195 e. The van der Waals surface area contributed by atoms with Crippen LogP contribution >= 0.6 is 12.2 Å². The van der Waals surface area contributed by atoms with E-state index in [4.69, 9.17) is 12.2 Å². The third-order valence-electron chi connectivity index (χ3n) is 3.66. The Morgan fingerprint density at radius 2 is 1.89 bits per heavy atom. The largest absolute Gasteiger partial charge is 0.301 e. The van der Waals surface area contributed by atoms with Gasteiger partial charge in [0.2, 0.25) is 0 Å². The van der Waals surface area contributed by atoms with Gasteiger partial charge in [-0.1, -0.05) is 24.3 Å². The summed E-state index contributed by atoms with van der Waals surface area (Å²) in [6, 6.07) is 9.02. The molecule has 3 nitrogen and oxygen atoms in total. The second-order valence-electron chi connectivity index (χ2n) is 5.22. The number of nitrogens with one attached hydrogen (secondary N) is 1. The predicted molar refractivity (Wildman–Crippen MR) is 74.4 cm³/mol. The smallest absolute Gasteiger partial charge is 0.195 e. The number of rotatable bonds is 2. The Kier molecular flexibility index (Phi) is 2.82. The number of H-pyrrole nitrogens is 1. The van der Waals surface area contributed by atoms with E-state index in [0.29, 0.717) is 12.0 Å². The van der Waals surface area contributed by atoms with Gasteiger partial charge in [-0.05, 0) is 50.0 Å². The van der Waals surface area contributed by atoms with Crippen molar-refractivity contribution in [3.63, 3.8) is 0 Å². The molecule has 1 aromatic carbocycles. The zero-order valence-electron chi connectivity index (χ0n) is 10.7. The maximum absolute atomic E-state index is 5.32. The number of fused-ring (bicyclic) bond motifs is 1. The third kappa shape index (κ3) is 1.81. The van der Waals surface area contributed by atoms with Gasteiger partial charge in [0.1, 0.15) is 5.82 Å². The molecule has 1 N–H and O–H groups in total. The van der Waals surface area contributed by atoms with E-state index in [0.717, 1.165) is 23.4 Å². The van der Waals surface area contributed by atoms with Gasteiger partial charge in [0.05, 0.1) is 0 Å². The fraction of sp³-hybridized carbons (Fsp3) is 0.429. The molecule has 3 rings (SSSR count). The number of aromatic nitrogens is 3. The fourth-order valence-electron chi connectivity index (χ4n) is 2.85. The van der Waals surface area contributed by atoms with E-state index in [9.17, 15) is 0 Å². The van der Waals surface area contributed by atoms with E-state index in [1.165, 1.54) is 11.1 Å². The van der Waals surface area contributed by atoms with Crippen molar-refractivity contribution in [2.45, 2.75) is 38.6 Å². The van der Waals surface area contributed by atoms with Gasteiger partial charge in [0, 0.05) is 12.0 Å². The number of benzene rings is 1. The van der Waals surface area contributed by atoms with E-state index in [1.54, 1.807) is 0 Å². The summed E-state index contributed by atoms with van der Waals surface area (Å²) in [5.74, 6) is 1.56. The van der Waals surface area contributed by atoms with Crippen LogP contribution < -0.4 is 0 Å². The molecule has 0 saturated carbocycles. The summed E-state index contributed by atoms with van der Waals surface area (Å²) in [5.41, 5.74) is 2.90. The standard InChI is InChI=1S/C14H17N3S/c1-9(2)17-13(15-16-14(17)18)12-7-10-5-3-4-6-11(10)8-12/h3-6,9,12H,7-8H2,1-2H3,(H,16,18). The van der Waals surface area contributed by atoms with Crippen LogP contribution in [-0.4, -0.2) is 14.8 Å². The minimum absolute atomic E-state index is 0.356. The minimum Gasteiger partial charge on any atom is -0.301 e. The summed E-state index contributed by atoms with van der Waals surface area (Å²) in [5, 5.41) is 7.39. The van der Waals surface area contributed by atoms with Gasteiger partial charge >= 0.3 is 0 Å². The molecule has 1 aromatic heterocycles. The number of aromatic amines is 1. The Labute approximate surface area is 112 Å². The lowest BCUT2D eigenvalue weighted by Crippen LogP contribution is -2.11. The third-order valence-corrected chi connectivity index (χ3v) is 3.95. The molecule has 0 unspecified atom stereocenters. The lowest BCUT2D eigenvalue weighted by Gasteiger charge is -2.14. The van der Waals surface area contributed by atoms with Crippen molar-refractivity contribution in [1.29, 1.82) is 0 Å². The Bertz CT molecular complexity index is 599. The van der Waals surface area contributed by atoms with Crippen LogP contribution in [0.15, 0.2) is 24.3 Å². The molecule has 18 heavy (non-hydrogen) atoms. The normalized spacial score (nSPS) is 15.3. The molecule has 0 bridgehead atoms. The number of hydrogen-bond acceptors (Lipinski definition) is 2. The summed E-state index contributed by atoms with van der Waals surface area (Å²) in [7, 11) is 0. The number of nitrogens with zero attached hydrogens (tertiary/aromatic N) is 2. The molecule has 0 aliphatic heterocycles. The lowest BCUT2D eigenvalue weighted by molar-refractivity contribution is 0.527. The predicted octanol–water partition coefficient (Wildman–Crippen LogP) is 3.40. The summed E-state index contributed by atoms with van der Waals surface area (Å²) in [4.78, 5) is 0. The van der Waals surface area contributed by atoms with Crippen LogP contribution in [0, 0.1) is 4.77 Å². The van der Waals surface area contributed by atoms with Gasteiger partial charge in [0.25, 0.3) is 0 Å². The molecule has 0 saturated heterocycles. The average molecular weight is 259 g/mol. The summed E-state index contributed by atoms with van der Waals surface area (Å²) in [6.07, 6.45) is 2.14. The topological polar surface area (TPSA) is 33.6 Å². The van der Waals surface area contributed by atoms with Crippen LogP contribution in [-0.2, 0) is 12.8 Å². The van der Waals surface area contributed by atoms with Crippen molar-refractivity contribution in [3.8, 4) is 0 Å². The highest BCUT2D eigenvalue weighted by Crippen LogP contribution is 2.33. The first-order valence-corrected chi connectivity index (χ1v) is 6.81. The monoisotopic (exact) mass is 259 g/mol. The quantitative estimate of drug-likeness (QED) is 0.839. The molecule has 0 amide bonds. The second-order valence-corrected chi connectivity index (χ2v) is 5.61. The van der Waals surface area contributed by atoms with E-state index in [1.807, 2.05) is 0 Å². The molecular formula is C14H17N3S. The highest BCUT2D eigenvalue weighted by atomic mass is 32.1. The lowest BCUT2D eigenvalue weighted by atomic mass is 10.1. The summed E-state index contributed by atoms with van der Waals surface area (Å²) >= 11 is 5.32. The first kappa shape index (κ1) is 11.7. The first-order chi connectivity index (χ1) is 8.66. The molecule has 1 heterocycles. The average Bonchev–Trinajstić information content (AvgIpc) is 2.91. The first-order valence-electron chi connectivity index (χ1n) is 6.40. The van der Waals surface area contributed by atoms with Gasteiger partial charge < -0.3 is 4.57 Å². The molecule has 0 atom stereocenters. The molecule has 0 radical (unpaired) electrons. The van der Waals surface area contributed by atoms with Crippen LogP contribution in [0.3, 0.4) is 0 Å². The van der Waals surface area contributed by atoms with Gasteiger partial charge in [-0.3, -0.25) is 5.10 Å². The van der Waals surface area contributed by atoms with E-state index >= 15 is 0 Å². The molecular weight excluding hydrogens is 242 g/mol. The van der Waals surface area contributed by atoms with Gasteiger partial charge in [-0.25, -0.2) is 0 Å². The van der Waals surface area contributed by atoms with Crippen LogP contribution in [0.5, 0.6) is 0 Å². The van der Waals surface area contributed by atoms with Gasteiger partial charge in [-0.2, -0.15) is 5.10 Å². The number of hydrogen-bond donors (Lipinski definition) is 1. The molecule has 94 valence electrons. The molecule has 4 heteroatoms. The van der Waals surface area contributed by atoms with Crippen LogP contribution in [0.1, 0.15) is 42.8 Å². The Hall–Kier alpha value is -1.42. The van der Waals surface area contributed by atoms with Gasteiger partial charge in [0.15, 0.2) is 4.77 Å². The highest BCUT2D eigenvalue weighted by Gasteiger charge is 2.27.